The second-order valence-electron chi connectivity index (χ2n) is 4.92. The van der Waals surface area contributed by atoms with E-state index in [4.69, 9.17) is 0 Å². The first-order chi connectivity index (χ1) is 8.84. The molecular weight excluding hydrogens is 224 g/mol. The van der Waals surface area contributed by atoms with Crippen LogP contribution >= 0.6 is 0 Å². The minimum absolute atomic E-state index is 0.204. The fourth-order valence-electron chi connectivity index (χ4n) is 2.35. The summed E-state index contributed by atoms with van der Waals surface area (Å²) in [6, 6.07) is 10.7. The molecule has 0 saturated carbocycles. The maximum absolute atomic E-state index is 10.1. The van der Waals surface area contributed by atoms with Crippen molar-refractivity contribution in [3.8, 4) is 0 Å². The fourth-order valence-corrected chi connectivity index (χ4v) is 2.35. The van der Waals surface area contributed by atoms with Crippen LogP contribution in [0.1, 0.15) is 31.2 Å². The molecule has 2 saturated heterocycles. The number of hydrogen-bond donors (Lipinski definition) is 1. The normalized spacial score (nSPS) is 19.2. The third kappa shape index (κ3) is 4.49. The number of hydrogen-bond acceptors (Lipinski definition) is 2. The molecule has 1 aromatic rings. The molecule has 0 radical (unpaired) electrons. The molecule has 1 N–H and O–H groups in total. The highest BCUT2D eigenvalue weighted by Crippen LogP contribution is 2.11. The Kier molecular flexibility index (Phi) is 5.21. The van der Waals surface area contributed by atoms with E-state index in [1.165, 1.54) is 31.5 Å². The molecular formula is C15H22N2O. The molecule has 98 valence electrons. The van der Waals surface area contributed by atoms with Gasteiger partial charge in [-0.1, -0.05) is 30.3 Å². The summed E-state index contributed by atoms with van der Waals surface area (Å²) in [6.07, 6.45) is 4.53. The third-order valence-electron chi connectivity index (χ3n) is 3.35. The number of carbonyl (C=O) groups is 1. The topological polar surface area (TPSA) is 32.3 Å². The van der Waals surface area contributed by atoms with E-state index >= 15 is 0 Å². The molecule has 2 aliphatic rings. The number of carbonyl (C=O) groups excluding carboxylic acids is 1. The Balaban J connectivity index is 0.000000169. The molecule has 2 heterocycles. The summed E-state index contributed by atoms with van der Waals surface area (Å²) in [5, 5.41) is 2.68. The Morgan fingerprint density at radius 3 is 2.28 bits per heavy atom. The van der Waals surface area contributed by atoms with Crippen LogP contribution in [-0.4, -0.2) is 30.4 Å². The molecule has 2 fully saturated rings. The van der Waals surface area contributed by atoms with Gasteiger partial charge >= 0.3 is 0 Å². The summed E-state index contributed by atoms with van der Waals surface area (Å²) in [4.78, 5) is 12.7. The molecule has 2 aliphatic heterocycles. The van der Waals surface area contributed by atoms with Crippen LogP contribution in [0.5, 0.6) is 0 Å². The quantitative estimate of drug-likeness (QED) is 0.867. The number of nitrogens with one attached hydrogen (secondary N) is 1. The first-order valence-electron chi connectivity index (χ1n) is 6.87. The van der Waals surface area contributed by atoms with Gasteiger partial charge in [0.2, 0.25) is 5.91 Å². The van der Waals surface area contributed by atoms with Crippen LogP contribution < -0.4 is 5.32 Å². The van der Waals surface area contributed by atoms with E-state index in [0.29, 0.717) is 0 Å². The summed E-state index contributed by atoms with van der Waals surface area (Å²) in [5.41, 5.74) is 1.44. The van der Waals surface area contributed by atoms with Crippen molar-refractivity contribution in [3.05, 3.63) is 35.9 Å². The number of amides is 1. The van der Waals surface area contributed by atoms with E-state index in [0.717, 1.165) is 25.9 Å². The molecule has 3 rings (SSSR count). The molecule has 3 heteroatoms. The van der Waals surface area contributed by atoms with Crippen LogP contribution in [0.4, 0.5) is 0 Å². The molecule has 3 nitrogen and oxygen atoms in total. The van der Waals surface area contributed by atoms with Gasteiger partial charge in [-0.05, 0) is 37.9 Å². The lowest BCUT2D eigenvalue weighted by Crippen LogP contribution is -2.18. The van der Waals surface area contributed by atoms with Crippen molar-refractivity contribution in [2.45, 2.75) is 32.2 Å². The van der Waals surface area contributed by atoms with Crippen molar-refractivity contribution < 1.29 is 4.79 Å². The molecule has 0 unspecified atom stereocenters. The Morgan fingerprint density at radius 2 is 1.78 bits per heavy atom. The lowest BCUT2D eigenvalue weighted by atomic mass is 10.2. The number of nitrogens with zero attached hydrogens (tertiary/aromatic N) is 1. The van der Waals surface area contributed by atoms with Gasteiger partial charge in [0, 0.05) is 19.5 Å². The van der Waals surface area contributed by atoms with Crippen LogP contribution in [0.2, 0.25) is 0 Å². The average molecular weight is 246 g/mol. The zero-order chi connectivity index (χ0) is 12.6. The maximum Gasteiger partial charge on any atom is 0.220 e. The SMILES string of the molecule is O=C1CCCN1.c1ccc(CN2CCCC2)cc1. The first-order valence-corrected chi connectivity index (χ1v) is 6.87. The van der Waals surface area contributed by atoms with Crippen LogP contribution in [0.3, 0.4) is 0 Å². The lowest BCUT2D eigenvalue weighted by Gasteiger charge is -2.13. The Hall–Kier alpha value is -1.35. The fraction of sp³-hybridized carbons (Fsp3) is 0.533. The van der Waals surface area contributed by atoms with Crippen LogP contribution in [0.25, 0.3) is 0 Å². The van der Waals surface area contributed by atoms with E-state index in [2.05, 4.69) is 40.5 Å². The number of benzene rings is 1. The second kappa shape index (κ2) is 7.17. The second-order valence-corrected chi connectivity index (χ2v) is 4.92. The number of likely N-dealkylation sites (tertiary alicyclic amines) is 1. The summed E-state index contributed by atoms with van der Waals surface area (Å²) < 4.78 is 0. The van der Waals surface area contributed by atoms with Gasteiger partial charge in [0.05, 0.1) is 0 Å². The maximum atomic E-state index is 10.1. The average Bonchev–Trinajstić information content (AvgIpc) is 3.05. The van der Waals surface area contributed by atoms with E-state index in [1.807, 2.05) is 0 Å². The molecule has 0 aromatic heterocycles. The third-order valence-corrected chi connectivity index (χ3v) is 3.35. The van der Waals surface area contributed by atoms with E-state index in [-0.39, 0.29) is 5.91 Å². The number of rotatable bonds is 2. The highest BCUT2D eigenvalue weighted by Gasteiger charge is 2.10. The standard InChI is InChI=1S/C11H15N.C4H7NO/c1-2-6-11(7-3-1)10-12-8-4-5-9-12;6-4-2-1-3-5-4/h1-3,6-7H,4-5,8-10H2;1-3H2,(H,5,6). The highest BCUT2D eigenvalue weighted by atomic mass is 16.1. The molecule has 0 spiro atoms. The van der Waals surface area contributed by atoms with Crippen LogP contribution in [0.15, 0.2) is 30.3 Å². The molecule has 0 aliphatic carbocycles. The smallest absolute Gasteiger partial charge is 0.220 e. The van der Waals surface area contributed by atoms with Gasteiger partial charge in [-0.2, -0.15) is 0 Å². The highest BCUT2D eigenvalue weighted by molar-refractivity contribution is 5.77. The Bertz CT molecular complexity index is 350. The largest absolute Gasteiger partial charge is 0.356 e. The molecule has 18 heavy (non-hydrogen) atoms. The van der Waals surface area contributed by atoms with E-state index < -0.39 is 0 Å². The predicted octanol–water partition coefficient (Wildman–Crippen LogP) is 2.18. The van der Waals surface area contributed by atoms with Crippen molar-refractivity contribution in [3.63, 3.8) is 0 Å². The van der Waals surface area contributed by atoms with Gasteiger partial charge in [0.1, 0.15) is 0 Å². The van der Waals surface area contributed by atoms with Crippen molar-refractivity contribution in [2.24, 2.45) is 0 Å². The van der Waals surface area contributed by atoms with Gasteiger partial charge in [-0.25, -0.2) is 0 Å². The first kappa shape index (κ1) is 13.1. The summed E-state index contributed by atoms with van der Waals surface area (Å²) in [6.45, 7) is 4.60. The van der Waals surface area contributed by atoms with Crippen LogP contribution in [0, 0.1) is 0 Å². The lowest BCUT2D eigenvalue weighted by molar-refractivity contribution is -0.119. The van der Waals surface area contributed by atoms with Gasteiger partial charge < -0.3 is 5.32 Å². The molecule has 1 aromatic carbocycles. The van der Waals surface area contributed by atoms with Gasteiger partial charge in [-0.3, -0.25) is 9.69 Å². The van der Waals surface area contributed by atoms with Crippen molar-refractivity contribution in [1.29, 1.82) is 0 Å². The summed E-state index contributed by atoms with van der Waals surface area (Å²) >= 11 is 0. The van der Waals surface area contributed by atoms with Gasteiger partial charge in [0.15, 0.2) is 0 Å². The van der Waals surface area contributed by atoms with Gasteiger partial charge in [-0.15, -0.1) is 0 Å². The Labute approximate surface area is 109 Å². The van der Waals surface area contributed by atoms with Crippen molar-refractivity contribution in [2.75, 3.05) is 19.6 Å². The molecule has 0 bridgehead atoms. The predicted molar refractivity (Wildman–Crippen MR) is 73.2 cm³/mol. The zero-order valence-electron chi connectivity index (χ0n) is 10.9. The van der Waals surface area contributed by atoms with E-state index in [1.54, 1.807) is 0 Å². The van der Waals surface area contributed by atoms with Crippen molar-refractivity contribution in [1.82, 2.24) is 10.2 Å². The van der Waals surface area contributed by atoms with Crippen LogP contribution in [-0.2, 0) is 11.3 Å². The minimum Gasteiger partial charge on any atom is -0.356 e. The molecule has 0 atom stereocenters. The van der Waals surface area contributed by atoms with E-state index in [9.17, 15) is 4.79 Å². The Morgan fingerprint density at radius 1 is 1.06 bits per heavy atom. The monoisotopic (exact) mass is 246 g/mol. The minimum atomic E-state index is 0.204. The molecule has 1 amide bonds. The summed E-state index contributed by atoms with van der Waals surface area (Å²) in [5.74, 6) is 0.204. The van der Waals surface area contributed by atoms with Gasteiger partial charge in [0.25, 0.3) is 0 Å². The zero-order valence-corrected chi connectivity index (χ0v) is 10.9. The summed E-state index contributed by atoms with van der Waals surface area (Å²) in [7, 11) is 0. The van der Waals surface area contributed by atoms with Crippen molar-refractivity contribution >= 4 is 5.91 Å².